The summed E-state index contributed by atoms with van der Waals surface area (Å²) < 4.78 is 34.7. The number of phosphoric acid groups is 1. The molecule has 0 heterocycles. The zero-order chi connectivity index (χ0) is 61.2. The van der Waals surface area contributed by atoms with E-state index < -0.39 is 26.5 Å². The molecule has 0 saturated heterocycles. The van der Waals surface area contributed by atoms with Crippen molar-refractivity contribution in [1.29, 1.82) is 0 Å². The lowest BCUT2D eigenvalue weighted by atomic mass is 10.0. The summed E-state index contributed by atoms with van der Waals surface area (Å²) in [6.07, 6.45) is 88.3. The molecular formula is C74H135NO8P+. The van der Waals surface area contributed by atoms with Crippen LogP contribution in [-0.4, -0.2) is 74.9 Å². The second-order valence-corrected chi connectivity index (χ2v) is 26.4. The molecule has 84 heavy (non-hydrogen) atoms. The zero-order valence-corrected chi connectivity index (χ0v) is 56.5. The minimum atomic E-state index is -4.39. The smallest absolute Gasteiger partial charge is 0.462 e. The Morgan fingerprint density at radius 1 is 0.381 bits per heavy atom. The normalized spacial score (nSPS) is 13.6. The summed E-state index contributed by atoms with van der Waals surface area (Å²) in [7, 11) is 1.49. The monoisotopic (exact) mass is 1200 g/mol. The first-order valence-corrected chi connectivity index (χ1v) is 36.8. The van der Waals surface area contributed by atoms with Crippen molar-refractivity contribution in [2.24, 2.45) is 0 Å². The summed E-state index contributed by atoms with van der Waals surface area (Å²) in [5.74, 6) is -0.783. The van der Waals surface area contributed by atoms with E-state index in [0.717, 1.165) is 77.0 Å². The van der Waals surface area contributed by atoms with Gasteiger partial charge < -0.3 is 18.9 Å². The number of rotatable bonds is 65. The van der Waals surface area contributed by atoms with Gasteiger partial charge in [0.1, 0.15) is 19.8 Å². The van der Waals surface area contributed by atoms with Crippen LogP contribution in [0.5, 0.6) is 0 Å². The van der Waals surface area contributed by atoms with Crippen LogP contribution in [0.2, 0.25) is 0 Å². The molecule has 2 unspecified atom stereocenters. The molecule has 0 saturated carbocycles. The second kappa shape index (κ2) is 64.7. The van der Waals surface area contributed by atoms with E-state index in [1.54, 1.807) is 0 Å². The molecule has 0 fully saturated rings. The molecule has 2 atom stereocenters. The number of ether oxygens (including phenoxy) is 2. The van der Waals surface area contributed by atoms with Crippen molar-refractivity contribution in [3.63, 3.8) is 0 Å². The molecule has 0 aliphatic carbocycles. The number of carbonyl (C=O) groups is 2. The van der Waals surface area contributed by atoms with Gasteiger partial charge in [0.25, 0.3) is 0 Å². The van der Waals surface area contributed by atoms with E-state index in [0.29, 0.717) is 23.9 Å². The number of nitrogens with zero attached hydrogens (tertiary/aromatic N) is 1. The highest BCUT2D eigenvalue weighted by molar-refractivity contribution is 7.47. The van der Waals surface area contributed by atoms with Crippen molar-refractivity contribution in [1.82, 2.24) is 0 Å². The van der Waals surface area contributed by atoms with Crippen molar-refractivity contribution in [3.05, 3.63) is 85.1 Å². The molecule has 9 nitrogen and oxygen atoms in total. The van der Waals surface area contributed by atoms with Gasteiger partial charge in [-0.2, -0.15) is 0 Å². The zero-order valence-electron chi connectivity index (χ0n) is 55.6. The first-order chi connectivity index (χ1) is 41.0. The van der Waals surface area contributed by atoms with Gasteiger partial charge in [-0.3, -0.25) is 18.6 Å². The van der Waals surface area contributed by atoms with Crippen LogP contribution in [0, 0.1) is 0 Å². The largest absolute Gasteiger partial charge is 0.472 e. The van der Waals surface area contributed by atoms with Crippen LogP contribution in [-0.2, 0) is 32.7 Å². The average molecular weight is 1200 g/mol. The van der Waals surface area contributed by atoms with Gasteiger partial charge in [0, 0.05) is 12.8 Å². The predicted molar refractivity (Wildman–Crippen MR) is 362 cm³/mol. The van der Waals surface area contributed by atoms with Gasteiger partial charge in [0.2, 0.25) is 0 Å². The van der Waals surface area contributed by atoms with Crippen LogP contribution >= 0.6 is 7.82 Å². The summed E-state index contributed by atoms with van der Waals surface area (Å²) in [5.41, 5.74) is 0. The van der Waals surface area contributed by atoms with Crippen LogP contribution in [0.25, 0.3) is 0 Å². The standard InChI is InChI=1S/C74H134NO8P/c1-6-8-10-12-14-16-18-20-22-24-26-28-30-31-32-33-34-35-36-37-38-39-40-41-42-43-45-47-49-51-53-55-57-59-61-63-65-67-74(77)83-72(71-82-84(78,79)81-69-68-75(3,4)5)70-80-73(76)66-64-62-60-58-56-54-52-50-48-46-44-29-27-25-23-21-19-17-15-13-11-9-7-2/h8,10,14,16,20,22,26,28,31-32,34-35,37-38,72H,6-7,9,11-13,15,17-19,21,23-25,27,29-30,33,36,39-71H2,1-5H3/p+1/b10-8-,16-14-,22-20-,28-26-,32-31-,35-34-,38-37-. The molecule has 10 heteroatoms. The molecule has 0 aliphatic heterocycles. The maximum atomic E-state index is 12.9. The third kappa shape index (κ3) is 68.3. The molecule has 0 aromatic heterocycles. The summed E-state index contributed by atoms with van der Waals surface area (Å²) in [6.45, 7) is 4.37. The van der Waals surface area contributed by atoms with Crippen LogP contribution in [0.1, 0.15) is 322 Å². The fourth-order valence-electron chi connectivity index (χ4n) is 10.1. The van der Waals surface area contributed by atoms with E-state index in [2.05, 4.69) is 98.9 Å². The third-order valence-corrected chi connectivity index (χ3v) is 16.4. The number of hydrogen-bond donors (Lipinski definition) is 1. The van der Waals surface area contributed by atoms with Crippen LogP contribution in [0.15, 0.2) is 85.1 Å². The molecule has 0 aromatic carbocycles. The van der Waals surface area contributed by atoms with Crippen LogP contribution in [0.4, 0.5) is 0 Å². The number of phosphoric ester groups is 1. The molecule has 0 radical (unpaired) electrons. The Morgan fingerprint density at radius 3 is 1.01 bits per heavy atom. The molecule has 0 aliphatic rings. The SMILES string of the molecule is CC/C=C\C/C=C\C/C=C\C/C=C\C/C=C\C/C=C\C/C=C\CCCCCCCCCCCCCCCCCC(=O)OC(COC(=O)CCCCCCCCCCCCCCCCCCCCCCCCC)COP(=O)(O)OCC[N+](C)(C)C. The minimum absolute atomic E-state index is 0.0317. The average Bonchev–Trinajstić information content (AvgIpc) is 3.61. The van der Waals surface area contributed by atoms with Gasteiger partial charge in [0.15, 0.2) is 6.10 Å². The molecule has 0 aromatic rings. The molecule has 0 amide bonds. The Morgan fingerprint density at radius 2 is 0.679 bits per heavy atom. The molecular weight excluding hydrogens is 1060 g/mol. The number of quaternary nitrogens is 1. The Kier molecular flexibility index (Phi) is 62.5. The lowest BCUT2D eigenvalue weighted by Crippen LogP contribution is -2.37. The lowest BCUT2D eigenvalue weighted by molar-refractivity contribution is -0.870. The quantitative estimate of drug-likeness (QED) is 0.0211. The van der Waals surface area contributed by atoms with Crippen molar-refractivity contribution in [3.8, 4) is 0 Å². The van der Waals surface area contributed by atoms with E-state index in [4.69, 9.17) is 18.5 Å². The highest BCUT2D eigenvalue weighted by Crippen LogP contribution is 2.43. The second-order valence-electron chi connectivity index (χ2n) is 24.9. The number of hydrogen-bond acceptors (Lipinski definition) is 7. The van der Waals surface area contributed by atoms with E-state index in [1.807, 2.05) is 21.1 Å². The maximum absolute atomic E-state index is 12.9. The van der Waals surface area contributed by atoms with E-state index in [9.17, 15) is 19.0 Å². The fourth-order valence-corrected chi connectivity index (χ4v) is 10.8. The topological polar surface area (TPSA) is 108 Å². The van der Waals surface area contributed by atoms with Crippen molar-refractivity contribution in [2.75, 3.05) is 47.5 Å². The van der Waals surface area contributed by atoms with Crippen LogP contribution in [0.3, 0.4) is 0 Å². The Balaban J connectivity index is 4.02. The van der Waals surface area contributed by atoms with Crippen LogP contribution < -0.4 is 0 Å². The summed E-state index contributed by atoms with van der Waals surface area (Å²) in [6, 6.07) is 0. The molecule has 1 N–H and O–H groups in total. The number of esters is 2. The first-order valence-electron chi connectivity index (χ1n) is 35.3. The van der Waals surface area contributed by atoms with Crippen molar-refractivity contribution < 1.29 is 42.1 Å². The number of carbonyl (C=O) groups excluding carboxylic acids is 2. The number of likely N-dealkylation sites (N-methyl/N-ethyl adjacent to an activating group) is 1. The highest BCUT2D eigenvalue weighted by atomic mass is 31.2. The molecule has 0 spiro atoms. The molecule has 488 valence electrons. The minimum Gasteiger partial charge on any atom is -0.462 e. The predicted octanol–water partition coefficient (Wildman–Crippen LogP) is 22.9. The number of unbranched alkanes of at least 4 members (excludes halogenated alkanes) is 37. The third-order valence-electron chi connectivity index (χ3n) is 15.4. The van der Waals surface area contributed by atoms with E-state index >= 15 is 0 Å². The van der Waals surface area contributed by atoms with Gasteiger partial charge in [0.05, 0.1) is 27.7 Å². The van der Waals surface area contributed by atoms with Crippen molar-refractivity contribution >= 4 is 19.8 Å². The Bertz CT molecular complexity index is 1690. The summed E-state index contributed by atoms with van der Waals surface area (Å²) >= 11 is 0. The highest BCUT2D eigenvalue weighted by Gasteiger charge is 2.27. The van der Waals surface area contributed by atoms with Crippen molar-refractivity contribution in [2.45, 2.75) is 328 Å². The Labute approximate surface area is 520 Å². The first kappa shape index (κ1) is 81.2. The Hall–Kier alpha value is -2.81. The lowest BCUT2D eigenvalue weighted by Gasteiger charge is -2.24. The maximum Gasteiger partial charge on any atom is 0.472 e. The molecule has 0 bridgehead atoms. The van der Waals surface area contributed by atoms with E-state index in [1.165, 1.54) is 212 Å². The molecule has 0 rings (SSSR count). The van der Waals surface area contributed by atoms with E-state index in [-0.39, 0.29) is 25.6 Å². The number of allylic oxidation sites excluding steroid dienone is 14. The van der Waals surface area contributed by atoms with Gasteiger partial charge >= 0.3 is 19.8 Å². The summed E-state index contributed by atoms with van der Waals surface area (Å²) in [4.78, 5) is 35.9. The summed E-state index contributed by atoms with van der Waals surface area (Å²) in [5, 5.41) is 0. The van der Waals surface area contributed by atoms with Gasteiger partial charge in [-0.15, -0.1) is 0 Å². The van der Waals surface area contributed by atoms with Gasteiger partial charge in [-0.25, -0.2) is 4.57 Å². The van der Waals surface area contributed by atoms with Gasteiger partial charge in [-0.05, 0) is 70.6 Å². The fraction of sp³-hybridized carbons (Fsp3) is 0.784. The van der Waals surface area contributed by atoms with Gasteiger partial charge in [-0.1, -0.05) is 324 Å².